The van der Waals surface area contributed by atoms with E-state index in [9.17, 15) is 9.82 Å². The van der Waals surface area contributed by atoms with Crippen LogP contribution in [0.2, 0.25) is 0 Å². The van der Waals surface area contributed by atoms with Gasteiger partial charge < -0.3 is 15.0 Å². The second-order valence-corrected chi connectivity index (χ2v) is 4.27. The van der Waals surface area contributed by atoms with Crippen LogP contribution >= 0.6 is 0 Å². The molecule has 1 amide bonds. The Hall–Kier alpha value is -1.59. The first kappa shape index (κ1) is 12.9. The number of benzene rings is 1. The zero-order chi connectivity index (χ0) is 12.8. The summed E-state index contributed by atoms with van der Waals surface area (Å²) in [6, 6.07) is 9.51. The van der Waals surface area contributed by atoms with E-state index in [4.69, 9.17) is 4.65 Å². The highest BCUT2D eigenvalue weighted by Crippen LogP contribution is 2.05. The molecular formula is C13H16BNO3. The molecule has 1 atom stereocenters. The Morgan fingerprint density at radius 2 is 2.17 bits per heavy atom. The molecule has 1 heterocycles. The summed E-state index contributed by atoms with van der Waals surface area (Å²) in [7, 11) is -0.945. The molecular weight excluding hydrogens is 229 g/mol. The van der Waals surface area contributed by atoms with Gasteiger partial charge in [-0.15, -0.1) is 0 Å². The molecule has 1 aromatic carbocycles. The van der Waals surface area contributed by atoms with Crippen molar-refractivity contribution < 1.29 is 14.5 Å². The summed E-state index contributed by atoms with van der Waals surface area (Å²) in [5, 5.41) is 12.5. The van der Waals surface area contributed by atoms with Crippen LogP contribution in [0.5, 0.6) is 0 Å². The standard InChI is InChI=1S/C13H16BNO3/c16-13(10-11-6-2-1-3-7-11)15-12-8-4-5-9-18-14(12)17/h1-7,12,17H,8-10H2,(H,15,16)/t12-/m0/s1. The first-order valence-corrected chi connectivity index (χ1v) is 6.03. The number of nitrogens with one attached hydrogen (secondary N) is 1. The molecule has 18 heavy (non-hydrogen) atoms. The molecule has 1 aliphatic heterocycles. The van der Waals surface area contributed by atoms with Gasteiger partial charge in [0.05, 0.1) is 12.4 Å². The van der Waals surface area contributed by atoms with E-state index < -0.39 is 7.12 Å². The molecule has 0 radical (unpaired) electrons. The monoisotopic (exact) mass is 245 g/mol. The maximum atomic E-state index is 11.8. The highest BCUT2D eigenvalue weighted by Gasteiger charge is 2.28. The fourth-order valence-electron chi connectivity index (χ4n) is 1.87. The van der Waals surface area contributed by atoms with Crippen molar-refractivity contribution in [2.24, 2.45) is 0 Å². The summed E-state index contributed by atoms with van der Waals surface area (Å²) >= 11 is 0. The summed E-state index contributed by atoms with van der Waals surface area (Å²) in [5.74, 6) is -0.482. The number of hydrogen-bond donors (Lipinski definition) is 2. The van der Waals surface area contributed by atoms with Gasteiger partial charge in [0.2, 0.25) is 5.91 Å². The molecule has 0 aromatic heterocycles. The Kier molecular flexibility index (Phi) is 4.56. The largest absolute Gasteiger partial charge is 0.478 e. The van der Waals surface area contributed by atoms with Gasteiger partial charge in [-0.2, -0.15) is 0 Å². The van der Waals surface area contributed by atoms with Gasteiger partial charge in [-0.25, -0.2) is 0 Å². The molecule has 2 rings (SSSR count). The van der Waals surface area contributed by atoms with Gasteiger partial charge in [-0.1, -0.05) is 42.5 Å². The van der Waals surface area contributed by atoms with Crippen molar-refractivity contribution in [2.75, 3.05) is 6.61 Å². The van der Waals surface area contributed by atoms with Crippen LogP contribution in [-0.4, -0.2) is 30.6 Å². The van der Waals surface area contributed by atoms with Crippen LogP contribution < -0.4 is 5.32 Å². The van der Waals surface area contributed by atoms with Crippen LogP contribution in [0.4, 0.5) is 0 Å². The van der Waals surface area contributed by atoms with Gasteiger partial charge in [0.15, 0.2) is 0 Å². The highest BCUT2D eigenvalue weighted by atomic mass is 16.5. The number of carbonyl (C=O) groups excluding carboxylic acids is 1. The predicted octanol–water partition coefficient (Wildman–Crippen LogP) is 0.710. The van der Waals surface area contributed by atoms with E-state index in [1.165, 1.54) is 0 Å². The quantitative estimate of drug-likeness (QED) is 0.609. The molecule has 0 bridgehead atoms. The second-order valence-electron chi connectivity index (χ2n) is 4.27. The van der Waals surface area contributed by atoms with Gasteiger partial charge in [0.1, 0.15) is 0 Å². The number of amides is 1. The molecule has 0 aliphatic carbocycles. The number of hydrogen-bond acceptors (Lipinski definition) is 3. The third-order valence-corrected chi connectivity index (χ3v) is 2.82. The van der Waals surface area contributed by atoms with E-state index in [0.29, 0.717) is 19.4 Å². The van der Waals surface area contributed by atoms with E-state index >= 15 is 0 Å². The van der Waals surface area contributed by atoms with Gasteiger partial charge in [0.25, 0.3) is 0 Å². The Bertz CT molecular complexity index is 422. The smallest absolute Gasteiger partial charge is 0.426 e. The lowest BCUT2D eigenvalue weighted by molar-refractivity contribution is -0.120. The minimum Gasteiger partial charge on any atom is -0.426 e. The average Bonchev–Trinajstić information content (AvgIpc) is 2.56. The molecule has 0 saturated carbocycles. The first-order chi connectivity index (χ1) is 8.75. The van der Waals surface area contributed by atoms with Crippen molar-refractivity contribution >= 4 is 13.0 Å². The second kappa shape index (κ2) is 6.38. The van der Waals surface area contributed by atoms with E-state index in [0.717, 1.165) is 5.56 Å². The minimum atomic E-state index is -0.945. The SMILES string of the molecule is O=C(Cc1ccccc1)N[C@H]1CC=CCOB1O. The third-order valence-electron chi connectivity index (χ3n) is 2.82. The molecule has 5 heteroatoms. The topological polar surface area (TPSA) is 58.6 Å². The fraction of sp³-hybridized carbons (Fsp3) is 0.308. The van der Waals surface area contributed by atoms with Gasteiger partial charge in [-0.3, -0.25) is 4.79 Å². The predicted molar refractivity (Wildman–Crippen MR) is 69.8 cm³/mol. The van der Waals surface area contributed by atoms with Crippen LogP contribution in [0, 0.1) is 0 Å². The van der Waals surface area contributed by atoms with E-state index in [1.54, 1.807) is 0 Å². The Balaban J connectivity index is 1.88. The normalized spacial score (nSPS) is 19.4. The van der Waals surface area contributed by atoms with Gasteiger partial charge in [-0.05, 0) is 12.0 Å². The molecule has 0 unspecified atom stereocenters. The zero-order valence-corrected chi connectivity index (χ0v) is 10.1. The Morgan fingerprint density at radius 3 is 2.94 bits per heavy atom. The van der Waals surface area contributed by atoms with Crippen molar-refractivity contribution in [3.8, 4) is 0 Å². The van der Waals surface area contributed by atoms with Crippen LogP contribution in [0.25, 0.3) is 0 Å². The summed E-state index contributed by atoms with van der Waals surface area (Å²) in [5.41, 5.74) is 0.953. The van der Waals surface area contributed by atoms with E-state index in [2.05, 4.69) is 5.32 Å². The zero-order valence-electron chi connectivity index (χ0n) is 10.1. The summed E-state index contributed by atoms with van der Waals surface area (Å²) in [4.78, 5) is 11.8. The number of rotatable bonds is 3. The van der Waals surface area contributed by atoms with Gasteiger partial charge >= 0.3 is 7.12 Å². The first-order valence-electron chi connectivity index (χ1n) is 6.03. The Morgan fingerprint density at radius 1 is 1.39 bits per heavy atom. The minimum absolute atomic E-state index is 0.107. The van der Waals surface area contributed by atoms with Crippen molar-refractivity contribution in [3.63, 3.8) is 0 Å². The van der Waals surface area contributed by atoms with E-state index in [-0.39, 0.29) is 11.8 Å². The fourth-order valence-corrected chi connectivity index (χ4v) is 1.87. The maximum absolute atomic E-state index is 11.8. The lowest BCUT2D eigenvalue weighted by Gasteiger charge is -2.17. The van der Waals surface area contributed by atoms with Crippen LogP contribution in [-0.2, 0) is 15.9 Å². The summed E-state index contributed by atoms with van der Waals surface area (Å²) in [6.45, 7) is 0.381. The summed E-state index contributed by atoms with van der Waals surface area (Å²) < 4.78 is 5.12. The van der Waals surface area contributed by atoms with Crippen LogP contribution in [0.3, 0.4) is 0 Å². The third kappa shape index (κ3) is 3.72. The van der Waals surface area contributed by atoms with Crippen LogP contribution in [0.15, 0.2) is 42.5 Å². The molecule has 0 saturated heterocycles. The maximum Gasteiger partial charge on any atom is 0.478 e. The van der Waals surface area contributed by atoms with E-state index in [1.807, 2.05) is 42.5 Å². The van der Waals surface area contributed by atoms with Crippen molar-refractivity contribution in [3.05, 3.63) is 48.0 Å². The molecule has 1 aromatic rings. The van der Waals surface area contributed by atoms with Crippen molar-refractivity contribution in [1.82, 2.24) is 5.32 Å². The van der Waals surface area contributed by atoms with Crippen LogP contribution in [0.1, 0.15) is 12.0 Å². The molecule has 0 spiro atoms. The highest BCUT2D eigenvalue weighted by molar-refractivity contribution is 6.45. The molecule has 0 fully saturated rings. The molecule has 94 valence electrons. The molecule has 2 N–H and O–H groups in total. The molecule has 1 aliphatic rings. The van der Waals surface area contributed by atoms with Crippen molar-refractivity contribution in [1.29, 1.82) is 0 Å². The average molecular weight is 245 g/mol. The number of carbonyl (C=O) groups is 1. The molecule has 4 nitrogen and oxygen atoms in total. The lowest BCUT2D eigenvalue weighted by Crippen LogP contribution is -2.47. The lowest BCUT2D eigenvalue weighted by atomic mass is 9.77. The summed E-state index contributed by atoms with van der Waals surface area (Å²) in [6.07, 6.45) is 4.64. The van der Waals surface area contributed by atoms with Crippen molar-refractivity contribution in [2.45, 2.75) is 18.8 Å². The Labute approximate surface area is 107 Å². The van der Waals surface area contributed by atoms with Gasteiger partial charge in [0, 0.05) is 6.61 Å².